The standard InChI is InChI=1S/C18H21N3O6S/c1-4-27-15-8-5-7-14(11-15)20(28(3,25)26)12-18(22)19-16-9-6-10-17(13(16)2)21(23)24/h5-11H,4,12H2,1-3H3,(H,19,22). The van der Waals surface area contributed by atoms with Crippen LogP contribution in [0.3, 0.4) is 0 Å². The lowest BCUT2D eigenvalue weighted by Gasteiger charge is -2.22. The third kappa shape index (κ3) is 5.19. The van der Waals surface area contributed by atoms with Crippen LogP contribution in [0.1, 0.15) is 12.5 Å². The molecule has 0 aliphatic rings. The van der Waals surface area contributed by atoms with Gasteiger partial charge in [0.15, 0.2) is 0 Å². The Balaban J connectivity index is 2.27. The molecule has 0 fully saturated rings. The first-order valence-electron chi connectivity index (χ1n) is 8.38. The van der Waals surface area contributed by atoms with Crippen LogP contribution in [0.15, 0.2) is 42.5 Å². The number of amides is 1. The van der Waals surface area contributed by atoms with E-state index in [1.807, 2.05) is 0 Å². The predicted molar refractivity (Wildman–Crippen MR) is 106 cm³/mol. The van der Waals surface area contributed by atoms with Crippen LogP contribution < -0.4 is 14.4 Å². The number of benzene rings is 2. The molecule has 1 N–H and O–H groups in total. The second-order valence-electron chi connectivity index (χ2n) is 5.95. The lowest BCUT2D eigenvalue weighted by Crippen LogP contribution is -2.37. The number of carbonyl (C=O) groups excluding carboxylic acids is 1. The third-order valence-corrected chi connectivity index (χ3v) is 5.02. The molecule has 1 amide bonds. The minimum Gasteiger partial charge on any atom is -0.494 e. The highest BCUT2D eigenvalue weighted by Gasteiger charge is 2.22. The minimum atomic E-state index is -3.76. The van der Waals surface area contributed by atoms with Gasteiger partial charge in [-0.25, -0.2) is 8.42 Å². The molecule has 0 aromatic heterocycles. The summed E-state index contributed by atoms with van der Waals surface area (Å²) in [6.07, 6.45) is 0.992. The van der Waals surface area contributed by atoms with Crippen molar-refractivity contribution in [3.05, 3.63) is 58.1 Å². The molecule has 0 aliphatic carbocycles. The summed E-state index contributed by atoms with van der Waals surface area (Å²) in [6, 6.07) is 10.7. The molecule has 0 aliphatic heterocycles. The number of hydrogen-bond acceptors (Lipinski definition) is 6. The molecule has 0 bridgehead atoms. The summed E-state index contributed by atoms with van der Waals surface area (Å²) >= 11 is 0. The van der Waals surface area contributed by atoms with Gasteiger partial charge in [-0.2, -0.15) is 0 Å². The monoisotopic (exact) mass is 407 g/mol. The third-order valence-electron chi connectivity index (χ3n) is 3.88. The zero-order valence-corrected chi connectivity index (χ0v) is 16.5. The molecule has 2 aromatic carbocycles. The van der Waals surface area contributed by atoms with Crippen LogP contribution in [0, 0.1) is 17.0 Å². The van der Waals surface area contributed by atoms with E-state index in [1.165, 1.54) is 31.2 Å². The second kappa shape index (κ2) is 8.70. The molecular weight excluding hydrogens is 386 g/mol. The summed E-state index contributed by atoms with van der Waals surface area (Å²) in [4.78, 5) is 23.0. The average molecular weight is 407 g/mol. The van der Waals surface area contributed by atoms with Crippen molar-refractivity contribution in [1.29, 1.82) is 0 Å². The Hall–Kier alpha value is -3.14. The summed E-state index contributed by atoms with van der Waals surface area (Å²) in [5.41, 5.74) is 0.669. The number of nitrogens with one attached hydrogen (secondary N) is 1. The van der Waals surface area contributed by atoms with Crippen LogP contribution in [0.4, 0.5) is 17.1 Å². The molecule has 150 valence electrons. The molecule has 0 spiro atoms. The Morgan fingerprint density at radius 3 is 2.54 bits per heavy atom. The quantitative estimate of drug-likeness (QED) is 0.531. The van der Waals surface area contributed by atoms with Crippen molar-refractivity contribution in [3.8, 4) is 5.75 Å². The summed E-state index contributed by atoms with van der Waals surface area (Å²) in [5, 5.41) is 13.6. The van der Waals surface area contributed by atoms with Gasteiger partial charge in [0.25, 0.3) is 5.69 Å². The molecule has 2 rings (SSSR count). The number of rotatable bonds is 8. The van der Waals surface area contributed by atoms with Crippen molar-refractivity contribution >= 4 is 33.0 Å². The highest BCUT2D eigenvalue weighted by atomic mass is 32.2. The first kappa shape index (κ1) is 21.2. The fourth-order valence-electron chi connectivity index (χ4n) is 2.57. The Morgan fingerprint density at radius 2 is 1.93 bits per heavy atom. The van der Waals surface area contributed by atoms with Crippen LogP contribution >= 0.6 is 0 Å². The zero-order chi connectivity index (χ0) is 20.9. The lowest BCUT2D eigenvalue weighted by atomic mass is 10.1. The highest BCUT2D eigenvalue weighted by Crippen LogP contribution is 2.26. The highest BCUT2D eigenvalue weighted by molar-refractivity contribution is 7.92. The normalized spacial score (nSPS) is 11.0. The molecule has 0 saturated carbocycles. The number of nitro groups is 1. The number of nitrogens with zero attached hydrogens (tertiary/aromatic N) is 2. The predicted octanol–water partition coefficient (Wildman–Crippen LogP) is 2.71. The van der Waals surface area contributed by atoms with Crippen molar-refractivity contribution in [1.82, 2.24) is 0 Å². The number of anilines is 2. The van der Waals surface area contributed by atoms with E-state index in [0.717, 1.165) is 10.6 Å². The van der Waals surface area contributed by atoms with Crippen LogP contribution in [0.5, 0.6) is 5.75 Å². The van der Waals surface area contributed by atoms with Crippen LogP contribution in [-0.2, 0) is 14.8 Å². The van der Waals surface area contributed by atoms with Crippen LogP contribution in [0.25, 0.3) is 0 Å². The van der Waals surface area contributed by atoms with E-state index in [-0.39, 0.29) is 22.6 Å². The summed E-state index contributed by atoms with van der Waals surface area (Å²) in [5.74, 6) is -0.153. The van der Waals surface area contributed by atoms with Gasteiger partial charge in [0.1, 0.15) is 12.3 Å². The van der Waals surface area contributed by atoms with Crippen molar-refractivity contribution in [3.63, 3.8) is 0 Å². The second-order valence-corrected chi connectivity index (χ2v) is 7.86. The van der Waals surface area contributed by atoms with E-state index >= 15 is 0 Å². The number of ether oxygens (including phenoxy) is 1. The van der Waals surface area contributed by atoms with Gasteiger partial charge in [-0.3, -0.25) is 19.2 Å². The summed E-state index contributed by atoms with van der Waals surface area (Å²) in [7, 11) is -3.76. The SMILES string of the molecule is CCOc1cccc(N(CC(=O)Nc2cccc([N+](=O)[O-])c2C)S(C)(=O)=O)c1. The molecule has 2 aromatic rings. The van der Waals surface area contributed by atoms with Crippen molar-refractivity contribution in [2.45, 2.75) is 13.8 Å². The fourth-order valence-corrected chi connectivity index (χ4v) is 3.42. The largest absolute Gasteiger partial charge is 0.494 e. The molecule has 28 heavy (non-hydrogen) atoms. The van der Waals surface area contributed by atoms with E-state index in [9.17, 15) is 23.3 Å². The smallest absolute Gasteiger partial charge is 0.274 e. The fraction of sp³-hybridized carbons (Fsp3) is 0.278. The van der Waals surface area contributed by atoms with Crippen LogP contribution in [-0.4, -0.2) is 38.7 Å². The van der Waals surface area contributed by atoms with Gasteiger partial charge in [0.05, 0.1) is 34.7 Å². The maximum atomic E-state index is 12.5. The van der Waals surface area contributed by atoms with Gasteiger partial charge in [-0.05, 0) is 32.0 Å². The topological polar surface area (TPSA) is 119 Å². The molecular formula is C18H21N3O6S. The average Bonchev–Trinajstić information content (AvgIpc) is 2.61. The minimum absolute atomic E-state index is 0.137. The van der Waals surface area contributed by atoms with Gasteiger partial charge < -0.3 is 10.1 Å². The summed E-state index contributed by atoms with van der Waals surface area (Å²) in [6.45, 7) is 3.23. The van der Waals surface area contributed by atoms with E-state index < -0.39 is 27.4 Å². The van der Waals surface area contributed by atoms with Gasteiger partial charge in [0, 0.05) is 12.1 Å². The number of nitro benzene ring substituents is 1. The molecule has 10 heteroatoms. The number of hydrogen-bond donors (Lipinski definition) is 1. The molecule has 0 unspecified atom stereocenters. The van der Waals surface area contributed by atoms with Gasteiger partial charge in [-0.15, -0.1) is 0 Å². The maximum Gasteiger partial charge on any atom is 0.274 e. The Kier molecular flexibility index (Phi) is 6.57. The number of sulfonamides is 1. The van der Waals surface area contributed by atoms with Gasteiger partial charge in [0.2, 0.25) is 15.9 Å². The van der Waals surface area contributed by atoms with E-state index in [0.29, 0.717) is 12.4 Å². The Bertz CT molecular complexity index is 991. The molecule has 0 saturated heterocycles. The van der Waals surface area contributed by atoms with Gasteiger partial charge in [-0.1, -0.05) is 12.1 Å². The van der Waals surface area contributed by atoms with Crippen molar-refractivity contribution in [2.24, 2.45) is 0 Å². The molecule has 0 heterocycles. The first-order valence-corrected chi connectivity index (χ1v) is 10.2. The Morgan fingerprint density at radius 1 is 1.25 bits per heavy atom. The maximum absolute atomic E-state index is 12.5. The molecule has 9 nitrogen and oxygen atoms in total. The number of carbonyl (C=O) groups is 1. The summed E-state index contributed by atoms with van der Waals surface area (Å²) < 4.78 is 30.7. The van der Waals surface area contributed by atoms with Crippen LogP contribution in [0.2, 0.25) is 0 Å². The molecule has 0 radical (unpaired) electrons. The van der Waals surface area contributed by atoms with E-state index in [2.05, 4.69) is 5.32 Å². The van der Waals surface area contributed by atoms with Gasteiger partial charge >= 0.3 is 0 Å². The van der Waals surface area contributed by atoms with Crippen molar-refractivity contribution in [2.75, 3.05) is 29.0 Å². The Labute approximate surface area is 163 Å². The van der Waals surface area contributed by atoms with Crippen molar-refractivity contribution < 1.29 is 22.9 Å². The van der Waals surface area contributed by atoms with E-state index in [4.69, 9.17) is 4.74 Å². The molecule has 0 atom stereocenters. The van der Waals surface area contributed by atoms with E-state index in [1.54, 1.807) is 25.1 Å². The zero-order valence-electron chi connectivity index (χ0n) is 15.7. The lowest BCUT2D eigenvalue weighted by molar-refractivity contribution is -0.385. The first-order chi connectivity index (χ1) is 13.1.